The van der Waals surface area contributed by atoms with Gasteiger partial charge in [0, 0.05) is 12.2 Å². The lowest BCUT2D eigenvalue weighted by molar-refractivity contribution is -0.459. The molecule has 0 heterocycles. The van der Waals surface area contributed by atoms with Gasteiger partial charge in [0.25, 0.3) is 0 Å². The summed E-state index contributed by atoms with van der Waals surface area (Å²) in [7, 11) is 0. The Hall–Kier alpha value is -0.520. The highest BCUT2D eigenvalue weighted by molar-refractivity contribution is 5.05. The molecule has 0 saturated heterocycles. The van der Waals surface area contributed by atoms with Crippen molar-refractivity contribution in [1.82, 2.24) is 0 Å². The van der Waals surface area contributed by atoms with Gasteiger partial charge in [-0.3, -0.25) is 0 Å². The molecule has 1 aliphatic rings. The summed E-state index contributed by atoms with van der Waals surface area (Å²) in [5.74, 6) is 5.44. The molecule has 0 aliphatic heterocycles. The maximum Gasteiger partial charge on any atom is 0.0423 e. The van der Waals surface area contributed by atoms with Crippen LogP contribution in [0.3, 0.4) is 0 Å². The Morgan fingerprint density at radius 1 is 1.27 bits per heavy atom. The molecule has 0 spiro atoms. The zero-order valence-electron chi connectivity index (χ0n) is 6.55. The summed E-state index contributed by atoms with van der Waals surface area (Å²) < 4.78 is 0. The van der Waals surface area contributed by atoms with E-state index in [1.54, 1.807) is 0 Å². The molecular formula is C9H13O2-. The lowest BCUT2D eigenvalue weighted by atomic mass is 9.90. The highest BCUT2D eigenvalue weighted by Crippen LogP contribution is 2.22. The van der Waals surface area contributed by atoms with E-state index < -0.39 is 6.29 Å². The zero-order valence-corrected chi connectivity index (χ0v) is 6.55. The topological polar surface area (TPSA) is 43.3 Å². The number of hydrogen-bond acceptors (Lipinski definition) is 2. The SMILES string of the molecule is [O-]C(O)C#CC1CCCCC1. The van der Waals surface area contributed by atoms with Gasteiger partial charge < -0.3 is 10.2 Å². The molecule has 2 heteroatoms. The molecule has 11 heavy (non-hydrogen) atoms. The minimum Gasteiger partial charge on any atom is -0.821 e. The van der Waals surface area contributed by atoms with Gasteiger partial charge in [-0.05, 0) is 12.8 Å². The van der Waals surface area contributed by atoms with Crippen molar-refractivity contribution < 1.29 is 10.2 Å². The third kappa shape index (κ3) is 3.41. The van der Waals surface area contributed by atoms with Crippen LogP contribution in [-0.4, -0.2) is 11.4 Å². The Morgan fingerprint density at radius 3 is 2.45 bits per heavy atom. The zero-order chi connectivity index (χ0) is 8.10. The summed E-state index contributed by atoms with van der Waals surface area (Å²) >= 11 is 0. The first-order chi connectivity index (χ1) is 5.29. The average Bonchev–Trinajstić information content (AvgIpc) is 2.03. The van der Waals surface area contributed by atoms with Crippen LogP contribution in [-0.2, 0) is 0 Å². The molecule has 0 aromatic carbocycles. The van der Waals surface area contributed by atoms with E-state index in [0.29, 0.717) is 5.92 Å². The van der Waals surface area contributed by atoms with Crippen molar-refractivity contribution in [2.75, 3.05) is 0 Å². The van der Waals surface area contributed by atoms with Crippen molar-refractivity contribution in [3.05, 3.63) is 0 Å². The molecule has 1 rings (SSSR count). The van der Waals surface area contributed by atoms with Gasteiger partial charge in [-0.15, -0.1) is 0 Å². The van der Waals surface area contributed by atoms with Crippen molar-refractivity contribution in [3.63, 3.8) is 0 Å². The van der Waals surface area contributed by atoms with Crippen molar-refractivity contribution in [1.29, 1.82) is 0 Å². The van der Waals surface area contributed by atoms with Gasteiger partial charge in [-0.25, -0.2) is 0 Å². The van der Waals surface area contributed by atoms with Crippen LogP contribution in [0.15, 0.2) is 0 Å². The lowest BCUT2D eigenvalue weighted by Crippen LogP contribution is -2.21. The maximum absolute atomic E-state index is 10.2. The van der Waals surface area contributed by atoms with Gasteiger partial charge in [0.1, 0.15) is 0 Å². The first-order valence-electron chi connectivity index (χ1n) is 4.14. The molecule has 1 fully saturated rings. The third-order valence-electron chi connectivity index (χ3n) is 2.02. The fourth-order valence-corrected chi connectivity index (χ4v) is 1.44. The largest absolute Gasteiger partial charge is 0.821 e. The summed E-state index contributed by atoms with van der Waals surface area (Å²) in [6, 6.07) is 0. The number of hydrogen-bond donors (Lipinski definition) is 1. The summed E-state index contributed by atoms with van der Waals surface area (Å²) in [6.45, 7) is 0. The van der Waals surface area contributed by atoms with E-state index in [9.17, 15) is 5.11 Å². The van der Waals surface area contributed by atoms with Crippen LogP contribution in [0.25, 0.3) is 0 Å². The molecule has 0 radical (unpaired) electrons. The fraction of sp³-hybridized carbons (Fsp3) is 0.778. The second-order valence-electron chi connectivity index (χ2n) is 2.98. The first kappa shape index (κ1) is 8.58. The Bertz CT molecular complexity index is 158. The predicted octanol–water partition coefficient (Wildman–Crippen LogP) is 0.249. The van der Waals surface area contributed by atoms with Crippen LogP contribution in [0.2, 0.25) is 0 Å². The number of aliphatic hydroxyl groups excluding tert-OH is 1. The smallest absolute Gasteiger partial charge is 0.0423 e. The summed E-state index contributed by atoms with van der Waals surface area (Å²) in [5.41, 5.74) is 0. The van der Waals surface area contributed by atoms with Gasteiger partial charge in [-0.2, -0.15) is 0 Å². The molecule has 1 unspecified atom stereocenters. The van der Waals surface area contributed by atoms with E-state index in [4.69, 9.17) is 5.11 Å². The second kappa shape index (κ2) is 4.38. The first-order valence-corrected chi connectivity index (χ1v) is 4.14. The average molecular weight is 153 g/mol. The van der Waals surface area contributed by atoms with Crippen molar-refractivity contribution >= 4 is 0 Å². The van der Waals surface area contributed by atoms with Crippen molar-refractivity contribution in [2.24, 2.45) is 5.92 Å². The summed E-state index contributed by atoms with van der Waals surface area (Å²) in [6.07, 6.45) is 4.22. The molecule has 2 nitrogen and oxygen atoms in total. The summed E-state index contributed by atoms with van der Waals surface area (Å²) in [4.78, 5) is 0. The van der Waals surface area contributed by atoms with Crippen LogP contribution in [0.1, 0.15) is 32.1 Å². The molecule has 0 aromatic heterocycles. The molecule has 1 N–H and O–H groups in total. The van der Waals surface area contributed by atoms with E-state index >= 15 is 0 Å². The van der Waals surface area contributed by atoms with E-state index in [0.717, 1.165) is 12.8 Å². The maximum atomic E-state index is 10.2. The molecule has 1 aliphatic carbocycles. The third-order valence-corrected chi connectivity index (χ3v) is 2.02. The second-order valence-corrected chi connectivity index (χ2v) is 2.98. The van der Waals surface area contributed by atoms with Crippen LogP contribution < -0.4 is 5.11 Å². The standard InChI is InChI=1S/C9H13O2/c10-9(11)7-6-8-4-2-1-3-5-8/h8-10H,1-5H2/q-1. The number of aliphatic hydroxyl groups is 1. The highest BCUT2D eigenvalue weighted by atomic mass is 16.5. The Morgan fingerprint density at radius 2 is 1.91 bits per heavy atom. The monoisotopic (exact) mass is 153 g/mol. The van der Waals surface area contributed by atoms with Crippen LogP contribution in [0.4, 0.5) is 0 Å². The quantitative estimate of drug-likeness (QED) is 0.400. The Labute approximate surface area is 67.2 Å². The van der Waals surface area contributed by atoms with Crippen LogP contribution >= 0.6 is 0 Å². The van der Waals surface area contributed by atoms with Gasteiger partial charge in [-0.1, -0.05) is 31.1 Å². The molecular weight excluding hydrogens is 140 g/mol. The highest BCUT2D eigenvalue weighted by Gasteiger charge is 2.09. The molecule has 1 atom stereocenters. The lowest BCUT2D eigenvalue weighted by Gasteiger charge is -2.16. The molecule has 0 bridgehead atoms. The molecule has 62 valence electrons. The molecule has 0 aromatic rings. The van der Waals surface area contributed by atoms with E-state index in [-0.39, 0.29) is 0 Å². The van der Waals surface area contributed by atoms with E-state index in [1.807, 2.05) is 0 Å². The summed E-state index contributed by atoms with van der Waals surface area (Å²) in [5, 5.41) is 18.5. The van der Waals surface area contributed by atoms with Gasteiger partial charge in [0.15, 0.2) is 0 Å². The van der Waals surface area contributed by atoms with E-state index in [2.05, 4.69) is 11.8 Å². The Balaban J connectivity index is 2.31. The van der Waals surface area contributed by atoms with Gasteiger partial charge >= 0.3 is 0 Å². The van der Waals surface area contributed by atoms with Gasteiger partial charge in [0.05, 0.1) is 0 Å². The molecule has 0 amide bonds. The van der Waals surface area contributed by atoms with Crippen molar-refractivity contribution in [3.8, 4) is 11.8 Å². The van der Waals surface area contributed by atoms with Crippen LogP contribution in [0, 0.1) is 17.8 Å². The fourth-order valence-electron chi connectivity index (χ4n) is 1.44. The minimum atomic E-state index is -1.70. The van der Waals surface area contributed by atoms with Crippen LogP contribution in [0.5, 0.6) is 0 Å². The Kier molecular flexibility index (Phi) is 3.41. The minimum absolute atomic E-state index is 0.368. The predicted molar refractivity (Wildman–Crippen MR) is 40.4 cm³/mol. The normalized spacial score (nSPS) is 22.0. The molecule has 1 saturated carbocycles. The number of rotatable bonds is 0. The van der Waals surface area contributed by atoms with E-state index in [1.165, 1.54) is 19.3 Å². The van der Waals surface area contributed by atoms with Crippen molar-refractivity contribution in [2.45, 2.75) is 38.4 Å². The van der Waals surface area contributed by atoms with Gasteiger partial charge in [0.2, 0.25) is 0 Å².